The highest BCUT2D eigenvalue weighted by atomic mass is 32.1. The highest BCUT2D eigenvalue weighted by Crippen LogP contribution is 2.25. The minimum atomic E-state index is 0.00551. The Morgan fingerprint density at radius 1 is 1.56 bits per heavy atom. The van der Waals surface area contributed by atoms with Crippen LogP contribution in [-0.2, 0) is 6.42 Å². The Balaban J connectivity index is 1.98. The fourth-order valence-electron chi connectivity index (χ4n) is 2.20. The van der Waals surface area contributed by atoms with Crippen LogP contribution >= 0.6 is 11.5 Å². The third kappa shape index (κ3) is 2.40. The molecule has 2 atom stereocenters. The van der Waals surface area contributed by atoms with Crippen LogP contribution in [0.3, 0.4) is 0 Å². The molecule has 1 aliphatic carbocycles. The predicted octanol–water partition coefficient (Wildman–Crippen LogP) is 2.02. The zero-order chi connectivity index (χ0) is 11.5. The normalized spacial score (nSPS) is 24.6. The number of aromatic nitrogens is 2. The molecule has 2 unspecified atom stereocenters. The van der Waals surface area contributed by atoms with Crippen LogP contribution < -0.4 is 5.32 Å². The van der Waals surface area contributed by atoms with Crippen LogP contribution in [0, 0.1) is 5.92 Å². The zero-order valence-corrected chi connectivity index (χ0v) is 10.5. The lowest BCUT2D eigenvalue weighted by Gasteiger charge is -2.11. The van der Waals surface area contributed by atoms with Crippen LogP contribution in [0.15, 0.2) is 0 Å². The SMILES string of the molecule is CCc1nnsc1C(=O)NC1CCC(C)C1. The Morgan fingerprint density at radius 2 is 2.38 bits per heavy atom. The summed E-state index contributed by atoms with van der Waals surface area (Å²) in [5, 5.41) is 7.03. The number of carbonyl (C=O) groups is 1. The van der Waals surface area contributed by atoms with Crippen molar-refractivity contribution in [3.05, 3.63) is 10.6 Å². The van der Waals surface area contributed by atoms with Crippen molar-refractivity contribution >= 4 is 17.4 Å². The molecule has 1 saturated carbocycles. The van der Waals surface area contributed by atoms with E-state index in [4.69, 9.17) is 0 Å². The van der Waals surface area contributed by atoms with Gasteiger partial charge < -0.3 is 5.32 Å². The Labute approximate surface area is 99.6 Å². The van der Waals surface area contributed by atoms with Crippen molar-refractivity contribution in [2.45, 2.75) is 45.6 Å². The first kappa shape index (κ1) is 11.5. The van der Waals surface area contributed by atoms with Crippen LogP contribution in [0.2, 0.25) is 0 Å². The number of carbonyl (C=O) groups excluding carboxylic acids is 1. The first-order chi connectivity index (χ1) is 7.70. The minimum Gasteiger partial charge on any atom is -0.348 e. The van der Waals surface area contributed by atoms with E-state index in [2.05, 4.69) is 21.8 Å². The van der Waals surface area contributed by atoms with Crippen molar-refractivity contribution < 1.29 is 4.79 Å². The molecule has 0 bridgehead atoms. The second-order valence-corrected chi connectivity index (χ2v) is 5.25. The molecule has 1 aliphatic rings. The number of aryl methyl sites for hydroxylation is 1. The van der Waals surface area contributed by atoms with E-state index >= 15 is 0 Å². The van der Waals surface area contributed by atoms with E-state index in [0.29, 0.717) is 10.9 Å². The molecule has 16 heavy (non-hydrogen) atoms. The van der Waals surface area contributed by atoms with E-state index in [1.54, 1.807) is 0 Å². The molecule has 5 heteroatoms. The van der Waals surface area contributed by atoms with Gasteiger partial charge in [-0.05, 0) is 43.1 Å². The van der Waals surface area contributed by atoms with Crippen molar-refractivity contribution in [2.24, 2.45) is 5.92 Å². The van der Waals surface area contributed by atoms with Gasteiger partial charge in [-0.25, -0.2) is 0 Å². The van der Waals surface area contributed by atoms with Gasteiger partial charge in [0.05, 0.1) is 5.69 Å². The monoisotopic (exact) mass is 239 g/mol. The summed E-state index contributed by atoms with van der Waals surface area (Å²) < 4.78 is 3.83. The molecule has 88 valence electrons. The molecule has 1 fully saturated rings. The third-order valence-electron chi connectivity index (χ3n) is 3.13. The van der Waals surface area contributed by atoms with Gasteiger partial charge in [-0.15, -0.1) is 5.10 Å². The lowest BCUT2D eigenvalue weighted by atomic mass is 10.1. The van der Waals surface area contributed by atoms with E-state index in [1.165, 1.54) is 18.0 Å². The molecular weight excluding hydrogens is 222 g/mol. The summed E-state index contributed by atoms with van der Waals surface area (Å²) in [7, 11) is 0. The summed E-state index contributed by atoms with van der Waals surface area (Å²) in [5.74, 6) is 0.737. The van der Waals surface area contributed by atoms with Crippen LogP contribution in [-0.4, -0.2) is 21.5 Å². The quantitative estimate of drug-likeness (QED) is 0.878. The zero-order valence-electron chi connectivity index (χ0n) is 9.69. The average Bonchev–Trinajstić information content (AvgIpc) is 2.86. The molecular formula is C11H17N3OS. The highest BCUT2D eigenvalue weighted by Gasteiger charge is 2.24. The van der Waals surface area contributed by atoms with Gasteiger partial charge in [-0.2, -0.15) is 0 Å². The maximum Gasteiger partial charge on any atom is 0.265 e. The second-order valence-electron chi connectivity index (χ2n) is 4.49. The molecule has 0 aromatic carbocycles. The second kappa shape index (κ2) is 4.91. The molecule has 0 saturated heterocycles. The van der Waals surface area contributed by atoms with E-state index in [1.807, 2.05) is 6.92 Å². The summed E-state index contributed by atoms with van der Waals surface area (Å²) in [6, 6.07) is 0.342. The van der Waals surface area contributed by atoms with Crippen molar-refractivity contribution in [2.75, 3.05) is 0 Å². The number of hydrogen-bond acceptors (Lipinski definition) is 4. The van der Waals surface area contributed by atoms with Gasteiger partial charge in [-0.3, -0.25) is 4.79 Å². The standard InChI is InChI=1S/C11H17N3OS/c1-3-9-10(16-14-13-9)11(15)12-8-5-4-7(2)6-8/h7-8H,3-6H2,1-2H3,(H,12,15). The van der Waals surface area contributed by atoms with Crippen LogP contribution in [0.4, 0.5) is 0 Å². The predicted molar refractivity (Wildman–Crippen MR) is 63.6 cm³/mol. The van der Waals surface area contributed by atoms with Crippen molar-refractivity contribution in [1.29, 1.82) is 0 Å². The van der Waals surface area contributed by atoms with Crippen LogP contribution in [0.25, 0.3) is 0 Å². The summed E-state index contributed by atoms with van der Waals surface area (Å²) >= 11 is 1.19. The molecule has 4 nitrogen and oxygen atoms in total. The fraction of sp³-hybridized carbons (Fsp3) is 0.727. The number of nitrogens with zero attached hydrogens (tertiary/aromatic N) is 2. The maximum absolute atomic E-state index is 12.0. The third-order valence-corrected chi connectivity index (χ3v) is 3.89. The van der Waals surface area contributed by atoms with Crippen molar-refractivity contribution in [3.8, 4) is 0 Å². The Hall–Kier alpha value is -0.970. The lowest BCUT2D eigenvalue weighted by molar-refractivity contribution is 0.0940. The van der Waals surface area contributed by atoms with Crippen molar-refractivity contribution in [1.82, 2.24) is 14.9 Å². The molecule has 0 radical (unpaired) electrons. The molecule has 1 N–H and O–H groups in total. The summed E-state index contributed by atoms with van der Waals surface area (Å²) in [6.45, 7) is 4.23. The van der Waals surface area contributed by atoms with Crippen molar-refractivity contribution in [3.63, 3.8) is 0 Å². The molecule has 1 heterocycles. The first-order valence-electron chi connectivity index (χ1n) is 5.82. The lowest BCUT2D eigenvalue weighted by Crippen LogP contribution is -2.32. The molecule has 2 rings (SSSR count). The summed E-state index contributed by atoms with van der Waals surface area (Å²) in [6.07, 6.45) is 4.17. The average molecular weight is 239 g/mol. The van der Waals surface area contributed by atoms with Gasteiger partial charge in [-0.1, -0.05) is 18.3 Å². The Kier molecular flexibility index (Phi) is 3.53. The summed E-state index contributed by atoms with van der Waals surface area (Å²) in [5.41, 5.74) is 0.813. The number of hydrogen-bond donors (Lipinski definition) is 1. The van der Waals surface area contributed by atoms with Gasteiger partial charge in [0.1, 0.15) is 4.88 Å². The number of nitrogens with one attached hydrogen (secondary N) is 1. The van der Waals surface area contributed by atoms with Gasteiger partial charge in [0.2, 0.25) is 0 Å². The molecule has 1 amide bonds. The van der Waals surface area contributed by atoms with E-state index in [-0.39, 0.29) is 5.91 Å². The molecule has 1 aromatic heterocycles. The maximum atomic E-state index is 12.0. The van der Waals surface area contributed by atoms with Gasteiger partial charge in [0.15, 0.2) is 0 Å². The molecule has 0 aliphatic heterocycles. The highest BCUT2D eigenvalue weighted by molar-refractivity contribution is 7.08. The number of rotatable bonds is 3. The van der Waals surface area contributed by atoms with Gasteiger partial charge in [0.25, 0.3) is 5.91 Å². The smallest absolute Gasteiger partial charge is 0.265 e. The largest absolute Gasteiger partial charge is 0.348 e. The van der Waals surface area contributed by atoms with Gasteiger partial charge >= 0.3 is 0 Å². The minimum absolute atomic E-state index is 0.00551. The van der Waals surface area contributed by atoms with E-state index in [0.717, 1.165) is 30.9 Å². The molecule has 0 spiro atoms. The van der Waals surface area contributed by atoms with Crippen LogP contribution in [0.1, 0.15) is 48.5 Å². The Morgan fingerprint density at radius 3 is 3.00 bits per heavy atom. The Bertz CT molecular complexity index is 377. The topological polar surface area (TPSA) is 54.9 Å². The summed E-state index contributed by atoms with van der Waals surface area (Å²) in [4.78, 5) is 12.6. The number of amides is 1. The molecule has 1 aromatic rings. The fourth-order valence-corrected chi connectivity index (χ4v) is 2.85. The van der Waals surface area contributed by atoms with Gasteiger partial charge in [0, 0.05) is 6.04 Å². The first-order valence-corrected chi connectivity index (χ1v) is 6.60. The van der Waals surface area contributed by atoms with E-state index < -0.39 is 0 Å². The van der Waals surface area contributed by atoms with E-state index in [9.17, 15) is 4.79 Å². The van der Waals surface area contributed by atoms with Crippen LogP contribution in [0.5, 0.6) is 0 Å².